The van der Waals surface area contributed by atoms with Gasteiger partial charge in [0.25, 0.3) is 0 Å². The molecule has 5 heteroatoms. The summed E-state index contributed by atoms with van der Waals surface area (Å²) in [6, 6.07) is -0.102. The van der Waals surface area contributed by atoms with Crippen molar-refractivity contribution in [3.8, 4) is 0 Å². The highest BCUT2D eigenvalue weighted by molar-refractivity contribution is 5.78. The van der Waals surface area contributed by atoms with Crippen LogP contribution in [0.3, 0.4) is 0 Å². The zero-order valence-electron chi connectivity index (χ0n) is 7.74. The van der Waals surface area contributed by atoms with Crippen LogP contribution in [-0.4, -0.2) is 27.3 Å². The van der Waals surface area contributed by atoms with Gasteiger partial charge in [-0.15, -0.1) is 10.2 Å². The molecule has 0 aromatic carbocycles. The fourth-order valence-corrected chi connectivity index (χ4v) is 1.45. The fraction of sp³-hybridized carbons (Fsp3) is 0.625. The molecule has 1 aromatic rings. The second kappa shape index (κ2) is 2.83. The lowest BCUT2D eigenvalue weighted by molar-refractivity contribution is 0.238. The molecule has 0 atom stereocenters. The Bertz CT molecular complexity index is 342. The van der Waals surface area contributed by atoms with Gasteiger partial charge in [-0.25, -0.2) is 9.36 Å². The van der Waals surface area contributed by atoms with Gasteiger partial charge in [0.2, 0.25) is 0 Å². The molecule has 0 unspecified atom stereocenters. The number of hydrogen-bond donors (Lipinski definition) is 1. The quantitative estimate of drug-likeness (QED) is 0.685. The minimum absolute atomic E-state index is 0.102. The van der Waals surface area contributed by atoms with Crippen molar-refractivity contribution in [3.63, 3.8) is 0 Å². The molecule has 0 bridgehead atoms. The van der Waals surface area contributed by atoms with E-state index in [1.165, 1.54) is 0 Å². The molecule has 1 aliphatic rings. The van der Waals surface area contributed by atoms with Gasteiger partial charge in [-0.1, -0.05) is 13.8 Å². The van der Waals surface area contributed by atoms with Crippen LogP contribution in [0.4, 0.5) is 4.79 Å². The number of carbonyl (C=O) groups is 1. The first-order valence-corrected chi connectivity index (χ1v) is 4.42. The highest BCUT2D eigenvalue weighted by atomic mass is 16.2. The topological polar surface area (TPSA) is 59.8 Å². The molecule has 5 nitrogen and oxygen atoms in total. The van der Waals surface area contributed by atoms with Crippen molar-refractivity contribution >= 4 is 6.03 Å². The first kappa shape index (κ1) is 8.22. The highest BCUT2D eigenvalue weighted by Gasteiger charge is 2.23. The van der Waals surface area contributed by atoms with Gasteiger partial charge in [-0.05, 0) is 0 Å². The molecule has 0 saturated carbocycles. The molecule has 1 N–H and O–H groups in total. The standard InChI is InChI=1S/C8H12N4O/c1-5(2)7-11-10-6-3-4-9-8(13)12(6)7/h5H,3-4H2,1-2H3,(H,9,13). The molecule has 0 radical (unpaired) electrons. The molecule has 2 rings (SSSR count). The van der Waals surface area contributed by atoms with Crippen molar-refractivity contribution in [3.05, 3.63) is 11.6 Å². The first-order chi connectivity index (χ1) is 6.20. The summed E-state index contributed by atoms with van der Waals surface area (Å²) in [6.45, 7) is 4.66. The highest BCUT2D eigenvalue weighted by Crippen LogP contribution is 2.14. The van der Waals surface area contributed by atoms with Crippen molar-refractivity contribution < 1.29 is 4.79 Å². The van der Waals surface area contributed by atoms with Gasteiger partial charge >= 0.3 is 6.03 Å². The molecular weight excluding hydrogens is 168 g/mol. The normalized spacial score (nSPS) is 15.8. The van der Waals surface area contributed by atoms with Crippen LogP contribution in [0.2, 0.25) is 0 Å². The van der Waals surface area contributed by atoms with Crippen LogP contribution in [0.15, 0.2) is 0 Å². The SMILES string of the molecule is CC(C)c1nnc2n1C(=O)NCC2. The predicted molar refractivity (Wildman–Crippen MR) is 46.6 cm³/mol. The van der Waals surface area contributed by atoms with E-state index < -0.39 is 0 Å². The van der Waals surface area contributed by atoms with Crippen LogP contribution in [0, 0.1) is 0 Å². The molecule has 1 aromatic heterocycles. The number of fused-ring (bicyclic) bond motifs is 1. The minimum Gasteiger partial charge on any atom is -0.337 e. The van der Waals surface area contributed by atoms with Gasteiger partial charge in [0.15, 0.2) is 0 Å². The van der Waals surface area contributed by atoms with Crippen LogP contribution in [-0.2, 0) is 6.42 Å². The molecule has 1 aliphatic heterocycles. The van der Waals surface area contributed by atoms with Crippen LogP contribution in [0.5, 0.6) is 0 Å². The Morgan fingerprint density at radius 3 is 2.92 bits per heavy atom. The second-order valence-electron chi connectivity index (χ2n) is 3.45. The Morgan fingerprint density at radius 1 is 1.46 bits per heavy atom. The third-order valence-corrected chi connectivity index (χ3v) is 2.10. The van der Waals surface area contributed by atoms with Gasteiger partial charge < -0.3 is 5.32 Å². The minimum atomic E-state index is -0.102. The van der Waals surface area contributed by atoms with E-state index in [1.54, 1.807) is 4.57 Å². The smallest absolute Gasteiger partial charge is 0.328 e. The third-order valence-electron chi connectivity index (χ3n) is 2.10. The van der Waals surface area contributed by atoms with E-state index >= 15 is 0 Å². The van der Waals surface area contributed by atoms with Gasteiger partial charge in [-0.2, -0.15) is 0 Å². The van der Waals surface area contributed by atoms with E-state index in [9.17, 15) is 4.79 Å². The largest absolute Gasteiger partial charge is 0.337 e. The lowest BCUT2D eigenvalue weighted by Crippen LogP contribution is -2.37. The van der Waals surface area contributed by atoms with Crippen LogP contribution < -0.4 is 5.32 Å². The van der Waals surface area contributed by atoms with Gasteiger partial charge in [0, 0.05) is 18.9 Å². The Labute approximate surface area is 76.2 Å². The number of carbonyl (C=O) groups excluding carboxylic acids is 1. The molecule has 0 fully saturated rings. The summed E-state index contributed by atoms with van der Waals surface area (Å²) >= 11 is 0. The summed E-state index contributed by atoms with van der Waals surface area (Å²) in [5.74, 6) is 1.74. The molecule has 1 amide bonds. The molecule has 0 saturated heterocycles. The van der Waals surface area contributed by atoms with Gasteiger partial charge in [-0.3, -0.25) is 0 Å². The summed E-state index contributed by atoms with van der Waals surface area (Å²) in [5, 5.41) is 10.7. The molecular formula is C8H12N4O. The fourth-order valence-electron chi connectivity index (χ4n) is 1.45. The van der Waals surface area contributed by atoms with Crippen molar-refractivity contribution in [1.29, 1.82) is 0 Å². The molecule has 2 heterocycles. The predicted octanol–water partition coefficient (Wildman–Crippen LogP) is 0.515. The summed E-state index contributed by atoms with van der Waals surface area (Å²) in [5.41, 5.74) is 0. The maximum absolute atomic E-state index is 11.4. The van der Waals surface area contributed by atoms with Gasteiger partial charge in [0.05, 0.1) is 0 Å². The second-order valence-corrected chi connectivity index (χ2v) is 3.45. The zero-order valence-corrected chi connectivity index (χ0v) is 7.74. The van der Waals surface area contributed by atoms with Crippen molar-refractivity contribution in [1.82, 2.24) is 20.1 Å². The molecule has 0 spiro atoms. The zero-order chi connectivity index (χ0) is 9.42. The van der Waals surface area contributed by atoms with E-state index in [-0.39, 0.29) is 11.9 Å². The van der Waals surface area contributed by atoms with Crippen molar-refractivity contribution in [2.45, 2.75) is 26.2 Å². The van der Waals surface area contributed by atoms with Crippen LogP contribution >= 0.6 is 0 Å². The summed E-state index contributed by atoms with van der Waals surface area (Å²) < 4.78 is 1.58. The van der Waals surface area contributed by atoms with E-state index in [0.29, 0.717) is 6.54 Å². The average molecular weight is 180 g/mol. The Kier molecular flexibility index (Phi) is 1.79. The third kappa shape index (κ3) is 1.20. The summed E-state index contributed by atoms with van der Waals surface area (Å²) in [7, 11) is 0. The van der Waals surface area contributed by atoms with Gasteiger partial charge in [0.1, 0.15) is 11.6 Å². The Hall–Kier alpha value is -1.39. The Balaban J connectivity index is 2.50. The average Bonchev–Trinajstić information content (AvgIpc) is 2.49. The number of rotatable bonds is 1. The number of nitrogens with one attached hydrogen (secondary N) is 1. The molecule has 70 valence electrons. The van der Waals surface area contributed by atoms with E-state index in [4.69, 9.17) is 0 Å². The van der Waals surface area contributed by atoms with E-state index in [2.05, 4.69) is 15.5 Å². The number of nitrogens with zero attached hydrogens (tertiary/aromatic N) is 3. The van der Waals surface area contributed by atoms with Crippen molar-refractivity contribution in [2.24, 2.45) is 0 Å². The first-order valence-electron chi connectivity index (χ1n) is 4.42. The van der Waals surface area contributed by atoms with E-state index in [0.717, 1.165) is 18.1 Å². The maximum atomic E-state index is 11.4. The molecule has 0 aliphatic carbocycles. The summed E-state index contributed by atoms with van der Waals surface area (Å²) in [4.78, 5) is 11.4. The lowest BCUT2D eigenvalue weighted by Gasteiger charge is -2.15. The van der Waals surface area contributed by atoms with Crippen LogP contribution in [0.1, 0.15) is 31.4 Å². The Morgan fingerprint density at radius 2 is 2.23 bits per heavy atom. The summed E-state index contributed by atoms with van der Waals surface area (Å²) in [6.07, 6.45) is 0.769. The monoisotopic (exact) mass is 180 g/mol. The lowest BCUT2D eigenvalue weighted by atomic mass is 10.2. The van der Waals surface area contributed by atoms with Crippen LogP contribution in [0.25, 0.3) is 0 Å². The van der Waals surface area contributed by atoms with E-state index in [1.807, 2.05) is 13.8 Å². The maximum Gasteiger partial charge on any atom is 0.328 e. The number of amides is 1. The van der Waals surface area contributed by atoms with Crippen molar-refractivity contribution in [2.75, 3.05) is 6.54 Å². The number of hydrogen-bond acceptors (Lipinski definition) is 3. The number of aromatic nitrogens is 3. The molecule has 13 heavy (non-hydrogen) atoms.